The van der Waals surface area contributed by atoms with E-state index in [0.29, 0.717) is 0 Å². The molecule has 1 rings (SSSR count). The van der Waals surface area contributed by atoms with Crippen LogP contribution in [0.4, 0.5) is 0 Å². The van der Waals surface area contributed by atoms with E-state index in [0.717, 1.165) is 37.0 Å². The van der Waals surface area contributed by atoms with Gasteiger partial charge in [0.25, 0.3) is 0 Å². The summed E-state index contributed by atoms with van der Waals surface area (Å²) in [6.07, 6.45) is 3.85. The molecule has 0 bridgehead atoms. The Kier molecular flexibility index (Phi) is 6.05. The number of amides is 1. The number of nitrogens with one attached hydrogen (secondary N) is 1. The van der Waals surface area contributed by atoms with Crippen LogP contribution < -0.4 is 10.1 Å². The van der Waals surface area contributed by atoms with Crippen LogP contribution in [0, 0.1) is 6.92 Å². The average Bonchev–Trinajstić information content (AvgIpc) is 2.38. The largest absolute Gasteiger partial charge is 0.496 e. The van der Waals surface area contributed by atoms with Gasteiger partial charge in [0.05, 0.1) is 7.11 Å². The monoisotopic (exact) mass is 277 g/mol. The van der Waals surface area contributed by atoms with E-state index in [2.05, 4.69) is 31.3 Å². The van der Waals surface area contributed by atoms with Gasteiger partial charge in [-0.3, -0.25) is 4.79 Å². The molecule has 0 radical (unpaired) electrons. The van der Waals surface area contributed by atoms with Crippen molar-refractivity contribution in [3.63, 3.8) is 0 Å². The molecule has 1 aromatic rings. The van der Waals surface area contributed by atoms with Crippen LogP contribution in [0.2, 0.25) is 0 Å². The maximum atomic E-state index is 11.5. The first-order valence-corrected chi connectivity index (χ1v) is 7.38. The second-order valence-corrected chi connectivity index (χ2v) is 5.55. The maximum absolute atomic E-state index is 11.5. The maximum Gasteiger partial charge on any atom is 0.217 e. The number of aryl methyl sites for hydroxylation is 1. The lowest BCUT2D eigenvalue weighted by molar-refractivity contribution is -0.121. The topological polar surface area (TPSA) is 38.3 Å². The Balaban J connectivity index is 2.99. The van der Waals surface area contributed by atoms with E-state index in [4.69, 9.17) is 4.74 Å². The van der Waals surface area contributed by atoms with Gasteiger partial charge in [-0.1, -0.05) is 32.4 Å². The summed E-state index contributed by atoms with van der Waals surface area (Å²) in [5.74, 6) is 0.955. The normalized spacial score (nSPS) is 13.7. The van der Waals surface area contributed by atoms with Crippen molar-refractivity contribution in [1.82, 2.24) is 5.32 Å². The quantitative estimate of drug-likeness (QED) is 0.826. The van der Waals surface area contributed by atoms with Crippen molar-refractivity contribution in [1.29, 1.82) is 0 Å². The molecule has 112 valence electrons. The number of rotatable bonds is 7. The second kappa shape index (κ2) is 7.32. The summed E-state index contributed by atoms with van der Waals surface area (Å²) in [5, 5.41) is 3.17. The standard InChI is InChI=1S/C17H27NO2/c1-6-10-17(7-2,18-14(4)19)12-15-8-9-16(20-5)13(3)11-15/h8-9,11H,6-7,10,12H2,1-5H3,(H,18,19). The zero-order valence-electron chi connectivity index (χ0n) is 13.4. The molecular formula is C17H27NO2. The fraction of sp³-hybridized carbons (Fsp3) is 0.588. The molecular weight excluding hydrogens is 250 g/mol. The number of methoxy groups -OCH3 is 1. The summed E-state index contributed by atoms with van der Waals surface area (Å²) in [6, 6.07) is 6.25. The Labute approximate surface area is 122 Å². The number of carbonyl (C=O) groups is 1. The molecule has 0 heterocycles. The Bertz CT molecular complexity index is 456. The molecule has 20 heavy (non-hydrogen) atoms. The van der Waals surface area contributed by atoms with Gasteiger partial charge in [0, 0.05) is 12.5 Å². The van der Waals surface area contributed by atoms with Crippen molar-refractivity contribution in [2.24, 2.45) is 0 Å². The van der Waals surface area contributed by atoms with Crippen molar-refractivity contribution < 1.29 is 9.53 Å². The molecule has 1 unspecified atom stereocenters. The van der Waals surface area contributed by atoms with E-state index in [1.165, 1.54) is 5.56 Å². The van der Waals surface area contributed by atoms with Gasteiger partial charge >= 0.3 is 0 Å². The lowest BCUT2D eigenvalue weighted by Gasteiger charge is -2.34. The molecule has 0 aromatic heterocycles. The molecule has 0 aliphatic heterocycles. The molecule has 1 atom stereocenters. The minimum absolute atomic E-state index is 0.0468. The highest BCUT2D eigenvalue weighted by atomic mass is 16.5. The third-order valence-corrected chi connectivity index (χ3v) is 3.85. The van der Waals surface area contributed by atoms with E-state index >= 15 is 0 Å². The summed E-state index contributed by atoms with van der Waals surface area (Å²) < 4.78 is 5.30. The molecule has 0 aliphatic carbocycles. The Morgan fingerprint density at radius 1 is 1.35 bits per heavy atom. The minimum atomic E-state index is -0.137. The van der Waals surface area contributed by atoms with E-state index in [9.17, 15) is 4.79 Å². The predicted octanol–water partition coefficient (Wildman–Crippen LogP) is 3.63. The molecule has 3 nitrogen and oxygen atoms in total. The molecule has 0 spiro atoms. The molecule has 0 saturated carbocycles. The van der Waals surface area contributed by atoms with Gasteiger partial charge in [0.1, 0.15) is 5.75 Å². The highest BCUT2D eigenvalue weighted by Gasteiger charge is 2.28. The summed E-state index contributed by atoms with van der Waals surface area (Å²) in [7, 11) is 1.69. The van der Waals surface area contributed by atoms with E-state index in [1.807, 2.05) is 13.0 Å². The van der Waals surface area contributed by atoms with Crippen LogP contribution in [0.3, 0.4) is 0 Å². The van der Waals surface area contributed by atoms with Crippen molar-refractivity contribution >= 4 is 5.91 Å². The van der Waals surface area contributed by atoms with Crippen LogP contribution in [0.25, 0.3) is 0 Å². The summed E-state index contributed by atoms with van der Waals surface area (Å²) >= 11 is 0. The highest BCUT2D eigenvalue weighted by molar-refractivity contribution is 5.73. The van der Waals surface area contributed by atoms with Crippen LogP contribution >= 0.6 is 0 Å². The first-order valence-electron chi connectivity index (χ1n) is 7.38. The van der Waals surface area contributed by atoms with E-state index in [-0.39, 0.29) is 11.4 Å². The summed E-state index contributed by atoms with van der Waals surface area (Å²) in [5.41, 5.74) is 2.24. The smallest absolute Gasteiger partial charge is 0.217 e. The van der Waals surface area contributed by atoms with Gasteiger partial charge in [-0.05, 0) is 43.4 Å². The number of hydrogen-bond donors (Lipinski definition) is 1. The highest BCUT2D eigenvalue weighted by Crippen LogP contribution is 2.26. The Morgan fingerprint density at radius 2 is 2.05 bits per heavy atom. The van der Waals surface area contributed by atoms with Crippen LogP contribution in [-0.2, 0) is 11.2 Å². The number of carbonyl (C=O) groups excluding carboxylic acids is 1. The molecule has 1 N–H and O–H groups in total. The lowest BCUT2D eigenvalue weighted by Crippen LogP contribution is -2.48. The Morgan fingerprint density at radius 3 is 2.50 bits per heavy atom. The predicted molar refractivity (Wildman–Crippen MR) is 83.2 cm³/mol. The molecule has 0 aliphatic rings. The molecule has 0 saturated heterocycles. The van der Waals surface area contributed by atoms with Gasteiger partial charge in [-0.15, -0.1) is 0 Å². The SMILES string of the molecule is CCCC(CC)(Cc1ccc(OC)c(C)c1)NC(C)=O. The molecule has 3 heteroatoms. The van der Waals surface area contributed by atoms with Gasteiger partial charge in [0.2, 0.25) is 5.91 Å². The summed E-state index contributed by atoms with van der Waals surface area (Å²) in [4.78, 5) is 11.5. The van der Waals surface area contributed by atoms with Crippen LogP contribution in [0.5, 0.6) is 5.75 Å². The first-order chi connectivity index (χ1) is 9.46. The zero-order chi connectivity index (χ0) is 15.2. The van der Waals surface area contributed by atoms with Crippen LogP contribution in [0.15, 0.2) is 18.2 Å². The van der Waals surface area contributed by atoms with Crippen LogP contribution in [0.1, 0.15) is 51.2 Å². The number of hydrogen-bond acceptors (Lipinski definition) is 2. The minimum Gasteiger partial charge on any atom is -0.496 e. The van der Waals surface area contributed by atoms with E-state index < -0.39 is 0 Å². The van der Waals surface area contributed by atoms with Gasteiger partial charge in [-0.2, -0.15) is 0 Å². The molecule has 0 fully saturated rings. The number of ether oxygens (including phenoxy) is 1. The van der Waals surface area contributed by atoms with Crippen molar-refractivity contribution in [3.05, 3.63) is 29.3 Å². The molecule has 1 aromatic carbocycles. The van der Waals surface area contributed by atoms with Crippen molar-refractivity contribution in [2.75, 3.05) is 7.11 Å². The third-order valence-electron chi connectivity index (χ3n) is 3.85. The molecule has 1 amide bonds. The average molecular weight is 277 g/mol. The van der Waals surface area contributed by atoms with Crippen LogP contribution in [-0.4, -0.2) is 18.6 Å². The summed E-state index contributed by atoms with van der Waals surface area (Å²) in [6.45, 7) is 7.95. The van der Waals surface area contributed by atoms with E-state index in [1.54, 1.807) is 14.0 Å². The fourth-order valence-corrected chi connectivity index (χ4v) is 2.88. The van der Waals surface area contributed by atoms with Crippen molar-refractivity contribution in [2.45, 2.75) is 58.9 Å². The van der Waals surface area contributed by atoms with Gasteiger partial charge in [0.15, 0.2) is 0 Å². The second-order valence-electron chi connectivity index (χ2n) is 5.55. The van der Waals surface area contributed by atoms with Gasteiger partial charge in [-0.25, -0.2) is 0 Å². The fourth-order valence-electron chi connectivity index (χ4n) is 2.88. The lowest BCUT2D eigenvalue weighted by atomic mass is 9.83. The van der Waals surface area contributed by atoms with Crippen molar-refractivity contribution in [3.8, 4) is 5.75 Å². The Hall–Kier alpha value is -1.51. The third kappa shape index (κ3) is 4.26. The van der Waals surface area contributed by atoms with Gasteiger partial charge < -0.3 is 10.1 Å². The first kappa shape index (κ1) is 16.5. The number of benzene rings is 1. The zero-order valence-corrected chi connectivity index (χ0v) is 13.4.